The minimum Gasteiger partial charge on any atom is -0.312 e. The molecule has 0 unspecified atom stereocenters. The number of anilines is 1. The molecule has 1 aromatic rings. The van der Waals surface area contributed by atoms with Crippen LogP contribution in [0.4, 0.5) is 5.69 Å². The van der Waals surface area contributed by atoms with Crippen molar-refractivity contribution in [3.8, 4) is 0 Å². The lowest BCUT2D eigenvalue weighted by atomic mass is 10.0. The van der Waals surface area contributed by atoms with E-state index in [1.807, 2.05) is 26.1 Å². The van der Waals surface area contributed by atoms with Crippen LogP contribution in [0.1, 0.15) is 26.7 Å². The van der Waals surface area contributed by atoms with Crippen LogP contribution in [0, 0.1) is 0 Å². The molecule has 0 saturated heterocycles. The van der Waals surface area contributed by atoms with Gasteiger partial charge in [0, 0.05) is 30.3 Å². The van der Waals surface area contributed by atoms with E-state index in [1.165, 1.54) is 5.57 Å². The number of rotatable bonds is 8. The van der Waals surface area contributed by atoms with E-state index in [9.17, 15) is 4.79 Å². The molecule has 0 aliphatic carbocycles. The molecule has 116 valence electrons. The van der Waals surface area contributed by atoms with Gasteiger partial charge in [0.15, 0.2) is 0 Å². The molecule has 1 aromatic carbocycles. The second-order valence-electron chi connectivity index (χ2n) is 5.25. The van der Waals surface area contributed by atoms with Gasteiger partial charge in [-0.25, -0.2) is 0 Å². The van der Waals surface area contributed by atoms with Gasteiger partial charge in [0.2, 0.25) is 6.41 Å². The van der Waals surface area contributed by atoms with E-state index in [0.717, 1.165) is 24.9 Å². The van der Waals surface area contributed by atoms with Gasteiger partial charge in [-0.1, -0.05) is 29.3 Å². The normalized spacial score (nSPS) is 13.3. The number of allylic oxidation sites excluding steroid dienone is 1. The molecule has 21 heavy (non-hydrogen) atoms. The SMILES string of the molecule is C/C=C(\C)C[C@@H](CCN(C)N)N(C=O)c1cccc(Cl)c1. The van der Waals surface area contributed by atoms with Crippen LogP contribution >= 0.6 is 11.6 Å². The smallest absolute Gasteiger partial charge is 0.214 e. The van der Waals surface area contributed by atoms with E-state index < -0.39 is 0 Å². The standard InChI is InChI=1S/C16H24ClN3O/c1-4-13(2)10-16(8-9-19(3)18)20(12-21)15-7-5-6-14(17)11-15/h4-7,11-12,16H,8-10,18H2,1-3H3/b13-4+/t16-/m1/s1. The first-order valence-corrected chi connectivity index (χ1v) is 7.42. The van der Waals surface area contributed by atoms with Crippen molar-refractivity contribution in [1.29, 1.82) is 0 Å². The minimum atomic E-state index is 0.0585. The summed E-state index contributed by atoms with van der Waals surface area (Å²) in [7, 11) is 1.82. The summed E-state index contributed by atoms with van der Waals surface area (Å²) in [6.45, 7) is 4.79. The summed E-state index contributed by atoms with van der Waals surface area (Å²) in [5.74, 6) is 5.70. The highest BCUT2D eigenvalue weighted by atomic mass is 35.5. The predicted octanol–water partition coefficient (Wildman–Crippen LogP) is 3.22. The molecule has 2 N–H and O–H groups in total. The lowest BCUT2D eigenvalue weighted by Crippen LogP contribution is -2.38. The highest BCUT2D eigenvalue weighted by molar-refractivity contribution is 6.30. The van der Waals surface area contributed by atoms with Crippen LogP contribution in [-0.2, 0) is 4.79 Å². The number of halogens is 1. The second kappa shape index (κ2) is 8.82. The Kier molecular flexibility index (Phi) is 7.43. The number of hydrogen-bond donors (Lipinski definition) is 1. The number of hydrazine groups is 1. The number of amides is 1. The largest absolute Gasteiger partial charge is 0.312 e. The van der Waals surface area contributed by atoms with Gasteiger partial charge in [-0.3, -0.25) is 15.6 Å². The lowest BCUT2D eigenvalue weighted by molar-refractivity contribution is -0.107. The average molecular weight is 310 g/mol. The third kappa shape index (κ3) is 5.87. The third-order valence-electron chi connectivity index (χ3n) is 3.48. The quantitative estimate of drug-likeness (QED) is 0.347. The van der Waals surface area contributed by atoms with E-state index in [-0.39, 0.29) is 6.04 Å². The topological polar surface area (TPSA) is 49.6 Å². The van der Waals surface area contributed by atoms with Gasteiger partial charge < -0.3 is 4.90 Å². The first-order valence-electron chi connectivity index (χ1n) is 7.04. The predicted molar refractivity (Wildman–Crippen MR) is 89.3 cm³/mol. The summed E-state index contributed by atoms with van der Waals surface area (Å²) >= 11 is 6.03. The fourth-order valence-electron chi connectivity index (χ4n) is 2.18. The van der Waals surface area contributed by atoms with Crippen LogP contribution < -0.4 is 10.7 Å². The maximum Gasteiger partial charge on any atom is 0.214 e. The molecule has 0 aliphatic heterocycles. The summed E-state index contributed by atoms with van der Waals surface area (Å²) < 4.78 is 0. The second-order valence-corrected chi connectivity index (χ2v) is 5.69. The molecule has 1 amide bonds. The summed E-state index contributed by atoms with van der Waals surface area (Å²) in [5.41, 5.74) is 2.06. The first kappa shape index (κ1) is 17.7. The highest BCUT2D eigenvalue weighted by Gasteiger charge is 2.19. The fourth-order valence-corrected chi connectivity index (χ4v) is 2.36. The molecule has 1 atom stereocenters. The number of nitrogens with zero attached hydrogens (tertiary/aromatic N) is 2. The van der Waals surface area contributed by atoms with Crippen molar-refractivity contribution in [3.05, 3.63) is 40.9 Å². The van der Waals surface area contributed by atoms with Gasteiger partial charge in [-0.2, -0.15) is 0 Å². The molecule has 4 nitrogen and oxygen atoms in total. The summed E-state index contributed by atoms with van der Waals surface area (Å²) in [4.78, 5) is 13.3. The van der Waals surface area contributed by atoms with E-state index in [2.05, 4.69) is 13.0 Å². The van der Waals surface area contributed by atoms with Gasteiger partial charge in [0.05, 0.1) is 0 Å². The van der Waals surface area contributed by atoms with Crippen LogP contribution in [0.25, 0.3) is 0 Å². The van der Waals surface area contributed by atoms with E-state index in [0.29, 0.717) is 11.6 Å². The van der Waals surface area contributed by atoms with Crippen molar-refractivity contribution in [3.63, 3.8) is 0 Å². The number of carbonyl (C=O) groups excluding carboxylic acids is 1. The van der Waals surface area contributed by atoms with Gasteiger partial charge in [0.1, 0.15) is 0 Å². The monoisotopic (exact) mass is 309 g/mol. The molecule has 0 radical (unpaired) electrons. The van der Waals surface area contributed by atoms with Crippen molar-refractivity contribution < 1.29 is 4.79 Å². The zero-order valence-corrected chi connectivity index (χ0v) is 13.7. The zero-order chi connectivity index (χ0) is 15.8. The maximum absolute atomic E-state index is 11.6. The molecule has 5 heteroatoms. The Balaban J connectivity index is 2.98. The number of hydrogen-bond acceptors (Lipinski definition) is 3. The Morgan fingerprint density at radius 2 is 2.19 bits per heavy atom. The van der Waals surface area contributed by atoms with E-state index in [4.69, 9.17) is 17.4 Å². The Morgan fingerprint density at radius 3 is 2.71 bits per heavy atom. The molecule has 0 heterocycles. The molecule has 0 fully saturated rings. The van der Waals surface area contributed by atoms with Crippen LogP contribution in [-0.4, -0.2) is 31.1 Å². The molecular formula is C16H24ClN3O. The van der Waals surface area contributed by atoms with Crippen molar-refractivity contribution in [2.24, 2.45) is 5.84 Å². The van der Waals surface area contributed by atoms with Crippen LogP contribution in [0.5, 0.6) is 0 Å². The lowest BCUT2D eigenvalue weighted by Gasteiger charge is -2.30. The third-order valence-corrected chi connectivity index (χ3v) is 3.71. The number of carbonyl (C=O) groups is 1. The molecule has 0 bridgehead atoms. The average Bonchev–Trinajstić information content (AvgIpc) is 2.45. The summed E-state index contributed by atoms with van der Waals surface area (Å²) in [6, 6.07) is 7.41. The molecule has 0 aliphatic rings. The highest BCUT2D eigenvalue weighted by Crippen LogP contribution is 2.24. The van der Waals surface area contributed by atoms with E-state index in [1.54, 1.807) is 22.0 Å². The molecular weight excluding hydrogens is 286 g/mol. The number of nitrogens with two attached hydrogens (primary N) is 1. The Hall–Kier alpha value is -1.36. The van der Waals surface area contributed by atoms with Crippen molar-refractivity contribution in [2.75, 3.05) is 18.5 Å². The van der Waals surface area contributed by atoms with Gasteiger partial charge >= 0.3 is 0 Å². The molecule has 0 spiro atoms. The summed E-state index contributed by atoms with van der Waals surface area (Å²) in [6.07, 6.45) is 4.55. The fraction of sp³-hybridized carbons (Fsp3) is 0.438. The molecule has 0 saturated carbocycles. The van der Waals surface area contributed by atoms with Crippen LogP contribution in [0.3, 0.4) is 0 Å². The van der Waals surface area contributed by atoms with E-state index >= 15 is 0 Å². The number of benzene rings is 1. The minimum absolute atomic E-state index is 0.0585. The Bertz CT molecular complexity index is 488. The molecule has 0 aromatic heterocycles. The van der Waals surface area contributed by atoms with Gasteiger partial charge in [-0.15, -0.1) is 0 Å². The summed E-state index contributed by atoms with van der Waals surface area (Å²) in [5, 5.41) is 2.26. The van der Waals surface area contributed by atoms with Gasteiger partial charge in [0.25, 0.3) is 0 Å². The molecule has 1 rings (SSSR count). The Morgan fingerprint density at radius 1 is 1.48 bits per heavy atom. The van der Waals surface area contributed by atoms with Crippen molar-refractivity contribution in [2.45, 2.75) is 32.7 Å². The van der Waals surface area contributed by atoms with Crippen molar-refractivity contribution in [1.82, 2.24) is 5.01 Å². The van der Waals surface area contributed by atoms with Crippen LogP contribution in [0.15, 0.2) is 35.9 Å². The maximum atomic E-state index is 11.6. The zero-order valence-electron chi connectivity index (χ0n) is 12.9. The van der Waals surface area contributed by atoms with Gasteiger partial charge in [-0.05, 0) is 44.9 Å². The first-order chi connectivity index (χ1) is 9.97. The van der Waals surface area contributed by atoms with Crippen molar-refractivity contribution >= 4 is 23.7 Å². The van der Waals surface area contributed by atoms with Crippen LogP contribution in [0.2, 0.25) is 5.02 Å². The Labute approximate surface area is 132 Å².